The van der Waals surface area contributed by atoms with E-state index in [0.29, 0.717) is 0 Å². The molecule has 1 heterocycles. The lowest BCUT2D eigenvalue weighted by Gasteiger charge is -2.18. The number of carbonyl (C=O) groups excluding carboxylic acids is 1. The van der Waals surface area contributed by atoms with E-state index in [1.54, 1.807) is 13.8 Å². The summed E-state index contributed by atoms with van der Waals surface area (Å²) in [6, 6.07) is 0.136. The summed E-state index contributed by atoms with van der Waals surface area (Å²) in [5.41, 5.74) is -1.11. The van der Waals surface area contributed by atoms with E-state index in [1.807, 2.05) is 0 Å². The van der Waals surface area contributed by atoms with E-state index >= 15 is 0 Å². The van der Waals surface area contributed by atoms with E-state index < -0.39 is 29.2 Å². The van der Waals surface area contributed by atoms with E-state index in [2.05, 4.69) is 5.32 Å². The van der Waals surface area contributed by atoms with Crippen LogP contribution in [-0.4, -0.2) is 32.2 Å². The Kier molecular flexibility index (Phi) is 4.84. The van der Waals surface area contributed by atoms with E-state index in [1.165, 1.54) is 13.2 Å². The summed E-state index contributed by atoms with van der Waals surface area (Å²) in [5, 5.41) is 11.3. The predicted octanol–water partition coefficient (Wildman–Crippen LogP) is -1.23. The summed E-state index contributed by atoms with van der Waals surface area (Å²) in [6.07, 6.45) is 1.20. The van der Waals surface area contributed by atoms with Crippen LogP contribution in [-0.2, 0) is 23.2 Å². The Morgan fingerprint density at radius 3 is 2.45 bits per heavy atom. The molecular formula is C12H17N3O5. The normalized spacial score (nSPS) is 12.2. The van der Waals surface area contributed by atoms with Gasteiger partial charge in [-0.3, -0.25) is 18.7 Å². The lowest BCUT2D eigenvalue weighted by Crippen LogP contribution is -2.47. The fourth-order valence-corrected chi connectivity index (χ4v) is 1.62. The second-order valence-electron chi connectivity index (χ2n) is 4.75. The molecule has 1 amide bonds. The van der Waals surface area contributed by atoms with Gasteiger partial charge in [-0.05, 0) is 5.92 Å². The van der Waals surface area contributed by atoms with E-state index in [0.717, 1.165) is 15.2 Å². The lowest BCUT2D eigenvalue weighted by molar-refractivity contribution is -0.143. The van der Waals surface area contributed by atoms with Crippen LogP contribution in [0.15, 0.2) is 21.9 Å². The topological polar surface area (TPSA) is 110 Å². The molecule has 0 spiro atoms. The third-order valence-corrected chi connectivity index (χ3v) is 2.82. The van der Waals surface area contributed by atoms with Crippen LogP contribution >= 0.6 is 0 Å². The molecule has 0 saturated carbocycles. The molecule has 0 bridgehead atoms. The number of aliphatic carboxylic acids is 1. The minimum absolute atomic E-state index is 0.284. The van der Waals surface area contributed by atoms with Crippen molar-refractivity contribution >= 4 is 11.9 Å². The molecule has 0 fully saturated rings. The number of nitrogens with one attached hydrogen (secondary N) is 1. The first-order valence-corrected chi connectivity index (χ1v) is 6.02. The number of carboxylic acid groups (broad SMARTS) is 1. The maximum atomic E-state index is 11.8. The van der Waals surface area contributed by atoms with Crippen molar-refractivity contribution in [3.8, 4) is 0 Å². The average molecular weight is 283 g/mol. The van der Waals surface area contributed by atoms with Crippen LogP contribution in [0.4, 0.5) is 0 Å². The number of nitrogens with zero attached hydrogens (tertiary/aromatic N) is 2. The number of hydrogen-bond acceptors (Lipinski definition) is 4. The van der Waals surface area contributed by atoms with Gasteiger partial charge in [-0.15, -0.1) is 0 Å². The van der Waals surface area contributed by atoms with Crippen molar-refractivity contribution in [2.75, 3.05) is 0 Å². The molecule has 8 heteroatoms. The highest BCUT2D eigenvalue weighted by molar-refractivity contribution is 5.83. The zero-order chi connectivity index (χ0) is 15.4. The van der Waals surface area contributed by atoms with Gasteiger partial charge in [0.25, 0.3) is 5.56 Å². The maximum absolute atomic E-state index is 11.8. The number of carboxylic acids is 1. The van der Waals surface area contributed by atoms with Crippen molar-refractivity contribution in [2.24, 2.45) is 13.0 Å². The fraction of sp³-hybridized carbons (Fsp3) is 0.500. The van der Waals surface area contributed by atoms with Gasteiger partial charge in [-0.1, -0.05) is 13.8 Å². The van der Waals surface area contributed by atoms with Gasteiger partial charge >= 0.3 is 11.7 Å². The molecule has 0 aliphatic rings. The second kappa shape index (κ2) is 6.18. The molecule has 8 nitrogen and oxygen atoms in total. The highest BCUT2D eigenvalue weighted by Crippen LogP contribution is 2.01. The molecular weight excluding hydrogens is 266 g/mol. The van der Waals surface area contributed by atoms with Crippen LogP contribution < -0.4 is 16.6 Å². The standard InChI is InChI=1S/C12H17N3O5/c1-7(2)10(11(18)19)13-8(16)6-15-5-4-9(17)14(3)12(15)20/h4-5,7,10H,6H2,1-3H3,(H,13,16)(H,18,19)/t10-/m0/s1. The SMILES string of the molecule is CC(C)[C@H](NC(=O)Cn1ccc(=O)n(C)c1=O)C(=O)O. The summed E-state index contributed by atoms with van der Waals surface area (Å²) in [4.78, 5) is 45.6. The molecule has 0 unspecified atom stereocenters. The Hall–Kier alpha value is -2.38. The van der Waals surface area contributed by atoms with Crippen molar-refractivity contribution in [1.82, 2.24) is 14.5 Å². The first-order chi connectivity index (χ1) is 9.23. The molecule has 0 aliphatic carbocycles. The Bertz CT molecular complexity index is 629. The van der Waals surface area contributed by atoms with Crippen molar-refractivity contribution in [3.05, 3.63) is 33.1 Å². The molecule has 20 heavy (non-hydrogen) atoms. The monoisotopic (exact) mass is 283 g/mol. The van der Waals surface area contributed by atoms with Gasteiger partial charge < -0.3 is 10.4 Å². The third kappa shape index (κ3) is 3.56. The zero-order valence-electron chi connectivity index (χ0n) is 11.5. The average Bonchev–Trinajstić information content (AvgIpc) is 2.36. The van der Waals surface area contributed by atoms with Crippen LogP contribution in [0.5, 0.6) is 0 Å². The van der Waals surface area contributed by atoms with Gasteiger partial charge in [-0.25, -0.2) is 9.59 Å². The Morgan fingerprint density at radius 1 is 1.35 bits per heavy atom. The van der Waals surface area contributed by atoms with Crippen molar-refractivity contribution in [2.45, 2.75) is 26.4 Å². The molecule has 2 N–H and O–H groups in total. The Labute approximate surface area is 114 Å². The van der Waals surface area contributed by atoms with Crippen LogP contribution in [0, 0.1) is 5.92 Å². The first-order valence-electron chi connectivity index (χ1n) is 6.02. The van der Waals surface area contributed by atoms with Crippen molar-refractivity contribution < 1.29 is 14.7 Å². The van der Waals surface area contributed by atoms with Crippen molar-refractivity contribution in [3.63, 3.8) is 0 Å². The number of carbonyl (C=O) groups is 2. The smallest absolute Gasteiger partial charge is 0.331 e. The molecule has 0 radical (unpaired) electrons. The molecule has 1 atom stereocenters. The van der Waals surface area contributed by atoms with Gasteiger partial charge in [0, 0.05) is 19.3 Å². The van der Waals surface area contributed by atoms with E-state index in [-0.39, 0.29) is 12.5 Å². The van der Waals surface area contributed by atoms with Gasteiger partial charge in [0.1, 0.15) is 12.6 Å². The zero-order valence-corrected chi connectivity index (χ0v) is 11.5. The molecule has 1 aromatic heterocycles. The number of amides is 1. The third-order valence-electron chi connectivity index (χ3n) is 2.82. The first kappa shape index (κ1) is 15.7. The largest absolute Gasteiger partial charge is 0.480 e. The molecule has 1 aromatic rings. The highest BCUT2D eigenvalue weighted by atomic mass is 16.4. The maximum Gasteiger partial charge on any atom is 0.331 e. The molecule has 110 valence electrons. The van der Waals surface area contributed by atoms with E-state index in [9.17, 15) is 19.2 Å². The number of aromatic nitrogens is 2. The van der Waals surface area contributed by atoms with Crippen LogP contribution in [0.25, 0.3) is 0 Å². The highest BCUT2D eigenvalue weighted by Gasteiger charge is 2.23. The van der Waals surface area contributed by atoms with Gasteiger partial charge in [0.2, 0.25) is 5.91 Å². The Morgan fingerprint density at radius 2 is 1.95 bits per heavy atom. The summed E-state index contributed by atoms with van der Waals surface area (Å²) >= 11 is 0. The molecule has 0 aromatic carbocycles. The Balaban J connectivity index is 2.87. The summed E-state index contributed by atoms with van der Waals surface area (Å²) in [7, 11) is 1.30. The molecule has 0 aliphatic heterocycles. The van der Waals surface area contributed by atoms with Gasteiger partial charge in [-0.2, -0.15) is 0 Å². The van der Waals surface area contributed by atoms with Crippen LogP contribution in [0.1, 0.15) is 13.8 Å². The molecule has 1 rings (SSSR count). The summed E-state index contributed by atoms with van der Waals surface area (Å²) in [6.45, 7) is 2.98. The van der Waals surface area contributed by atoms with Crippen molar-refractivity contribution in [1.29, 1.82) is 0 Å². The number of hydrogen-bond donors (Lipinski definition) is 2. The fourth-order valence-electron chi connectivity index (χ4n) is 1.62. The van der Waals surface area contributed by atoms with Gasteiger partial charge in [0.05, 0.1) is 0 Å². The minimum atomic E-state index is -1.14. The number of rotatable bonds is 5. The van der Waals surface area contributed by atoms with Gasteiger partial charge in [0.15, 0.2) is 0 Å². The van der Waals surface area contributed by atoms with Crippen LogP contribution in [0.3, 0.4) is 0 Å². The van der Waals surface area contributed by atoms with E-state index in [4.69, 9.17) is 5.11 Å². The second-order valence-corrected chi connectivity index (χ2v) is 4.75. The molecule has 0 saturated heterocycles. The van der Waals surface area contributed by atoms with Crippen LogP contribution in [0.2, 0.25) is 0 Å². The predicted molar refractivity (Wildman–Crippen MR) is 70.3 cm³/mol. The summed E-state index contributed by atoms with van der Waals surface area (Å²) in [5.74, 6) is -2.03. The summed E-state index contributed by atoms with van der Waals surface area (Å²) < 4.78 is 1.90. The minimum Gasteiger partial charge on any atom is -0.480 e. The quantitative estimate of drug-likeness (QED) is 0.703. The lowest BCUT2D eigenvalue weighted by atomic mass is 10.1.